The Morgan fingerprint density at radius 2 is 1.82 bits per heavy atom. The summed E-state index contributed by atoms with van der Waals surface area (Å²) in [4.78, 5) is 61.5. The number of pyridine rings is 1. The molecule has 3 fully saturated rings. The van der Waals surface area contributed by atoms with Crippen molar-refractivity contribution >= 4 is 45.6 Å². The molecule has 3 atom stereocenters. The Hall–Kier alpha value is -5.65. The fourth-order valence-corrected chi connectivity index (χ4v) is 8.79. The molecule has 0 radical (unpaired) electrons. The maximum atomic E-state index is 16.1. The molecule has 3 aliphatic rings. The number of imidazole rings is 1. The van der Waals surface area contributed by atoms with Crippen LogP contribution in [0.1, 0.15) is 78.8 Å². The topological polar surface area (TPSA) is 152 Å². The van der Waals surface area contributed by atoms with Gasteiger partial charge in [-0.25, -0.2) is 18.7 Å². The minimum Gasteiger partial charge on any atom is -0.367 e. The first-order valence-corrected chi connectivity index (χ1v) is 19.1. The number of nitrogens with one attached hydrogen (secondary N) is 2. The van der Waals surface area contributed by atoms with Crippen LogP contribution in [0.4, 0.5) is 28.9 Å². The van der Waals surface area contributed by atoms with Crippen LogP contribution in [0.2, 0.25) is 0 Å². The normalized spacial score (nSPS) is 23.4. The van der Waals surface area contributed by atoms with Crippen LogP contribution in [0.25, 0.3) is 16.6 Å². The molecule has 4 aromatic heterocycles. The van der Waals surface area contributed by atoms with Crippen LogP contribution in [0.3, 0.4) is 0 Å². The van der Waals surface area contributed by atoms with Gasteiger partial charge in [-0.15, -0.1) is 0 Å². The lowest BCUT2D eigenvalue weighted by Crippen LogP contribution is -2.52. The fraction of sp³-hybridized carbons (Fsp3) is 0.462. The molecule has 0 spiro atoms. The second-order valence-corrected chi connectivity index (χ2v) is 15.4. The summed E-state index contributed by atoms with van der Waals surface area (Å²) in [5, 5.41) is 9.68. The Morgan fingerprint density at radius 3 is 2.56 bits per heavy atom. The average Bonchev–Trinajstić information content (AvgIpc) is 3.72. The van der Waals surface area contributed by atoms with Gasteiger partial charge in [0.25, 0.3) is 5.91 Å². The number of carbonyl (C=O) groups is 3. The molecule has 300 valence electrons. The summed E-state index contributed by atoms with van der Waals surface area (Å²) < 4.78 is 59.8. The smallest absolute Gasteiger partial charge is 0.367 e. The molecular weight excluding hydrogens is 748 g/mol. The van der Waals surface area contributed by atoms with Gasteiger partial charge in [-0.3, -0.25) is 33.8 Å². The molecule has 5 aromatic rings. The Bertz CT molecular complexity index is 2420. The van der Waals surface area contributed by atoms with E-state index in [1.807, 2.05) is 30.1 Å². The summed E-state index contributed by atoms with van der Waals surface area (Å²) in [6, 6.07) is 9.69. The standard InChI is InChI=1S/C39H42F4N10O4/c1-49(29-13-14-51(21-26(29)40)30-4-3-5-31-35(30)50(2)38(57)53(31)32-10-11-34(54)47-37(32)56)20-22-6-8-23(9-7-22)27-17-25-16-24(12-15-52(25)48-27)45-36(55)28-18-44-19-33(46-28)39(41,42)43/h3-5,12,15-19,22-23,26,29,32H,6-11,13-14,20-21H2,1-2H3,(H,45,55)(H,47,54,56)/t22?,23?,26-,29-,32?/m0/s1. The number of para-hydroxylation sites is 1. The number of imide groups is 1. The van der Waals surface area contributed by atoms with Gasteiger partial charge in [0.2, 0.25) is 11.8 Å². The zero-order valence-corrected chi connectivity index (χ0v) is 31.4. The first-order chi connectivity index (χ1) is 27.2. The third-order valence-electron chi connectivity index (χ3n) is 11.7. The van der Waals surface area contributed by atoms with E-state index in [2.05, 4.69) is 25.5 Å². The largest absolute Gasteiger partial charge is 0.434 e. The van der Waals surface area contributed by atoms with E-state index >= 15 is 4.39 Å². The van der Waals surface area contributed by atoms with Crippen LogP contribution >= 0.6 is 0 Å². The Kier molecular flexibility index (Phi) is 10.1. The van der Waals surface area contributed by atoms with Crippen molar-refractivity contribution in [1.29, 1.82) is 0 Å². The highest BCUT2D eigenvalue weighted by Crippen LogP contribution is 2.38. The van der Waals surface area contributed by atoms with E-state index in [-0.39, 0.29) is 42.9 Å². The highest BCUT2D eigenvalue weighted by molar-refractivity contribution is 6.03. The zero-order chi connectivity index (χ0) is 40.2. The van der Waals surface area contributed by atoms with Crippen LogP contribution in [0.5, 0.6) is 0 Å². The predicted octanol–water partition coefficient (Wildman–Crippen LogP) is 4.85. The number of hydrogen-bond acceptors (Lipinski definition) is 9. The summed E-state index contributed by atoms with van der Waals surface area (Å²) in [6.45, 7) is 1.52. The maximum absolute atomic E-state index is 16.1. The van der Waals surface area contributed by atoms with Crippen LogP contribution < -0.4 is 21.2 Å². The van der Waals surface area contributed by atoms with Gasteiger partial charge in [0, 0.05) is 50.4 Å². The molecule has 0 bridgehead atoms. The lowest BCUT2D eigenvalue weighted by Gasteiger charge is -2.42. The van der Waals surface area contributed by atoms with Gasteiger partial charge in [0.15, 0.2) is 5.69 Å². The Morgan fingerprint density at radius 1 is 1.04 bits per heavy atom. The summed E-state index contributed by atoms with van der Waals surface area (Å²) in [5.74, 6) is -1.04. The van der Waals surface area contributed by atoms with Crippen molar-refractivity contribution in [3.63, 3.8) is 0 Å². The quantitative estimate of drug-likeness (QED) is 0.166. The number of rotatable bonds is 8. The van der Waals surface area contributed by atoms with E-state index < -0.39 is 41.6 Å². The van der Waals surface area contributed by atoms with Gasteiger partial charge < -0.3 is 15.1 Å². The predicted molar refractivity (Wildman–Crippen MR) is 202 cm³/mol. The Labute approximate surface area is 323 Å². The highest BCUT2D eigenvalue weighted by Gasteiger charge is 2.37. The first-order valence-electron chi connectivity index (χ1n) is 19.1. The summed E-state index contributed by atoms with van der Waals surface area (Å²) in [7, 11) is 3.64. The molecular formula is C39H42F4N10O4. The lowest BCUT2D eigenvalue weighted by molar-refractivity contribution is -0.141. The number of aromatic nitrogens is 6. The number of nitrogens with zero attached hydrogens (tertiary/aromatic N) is 8. The molecule has 3 amide bonds. The van der Waals surface area contributed by atoms with Gasteiger partial charge >= 0.3 is 11.9 Å². The number of hydrogen-bond donors (Lipinski definition) is 2. The van der Waals surface area contributed by atoms with Crippen LogP contribution in [-0.2, 0) is 22.8 Å². The molecule has 1 saturated carbocycles. The van der Waals surface area contributed by atoms with E-state index in [0.29, 0.717) is 41.8 Å². The lowest BCUT2D eigenvalue weighted by atomic mass is 9.80. The molecule has 2 N–H and O–H groups in total. The maximum Gasteiger partial charge on any atom is 0.434 e. The molecule has 1 aromatic carbocycles. The zero-order valence-electron chi connectivity index (χ0n) is 31.4. The summed E-state index contributed by atoms with van der Waals surface area (Å²) in [6.07, 6.45) is 2.11. The van der Waals surface area contributed by atoms with Crippen LogP contribution in [-0.4, -0.2) is 90.2 Å². The van der Waals surface area contributed by atoms with Crippen molar-refractivity contribution in [2.24, 2.45) is 13.0 Å². The average molecular weight is 791 g/mol. The molecule has 8 rings (SSSR count). The number of alkyl halides is 4. The van der Waals surface area contributed by atoms with Gasteiger partial charge in [0.05, 0.1) is 46.9 Å². The SMILES string of the molecule is CN(CC1CCC(c2cc3cc(NC(=O)c4cncc(C(F)(F)F)n4)ccn3n2)CC1)[C@H]1CCN(c2cccc3c2n(C)c(=O)n3C2CCC(=O)NC2=O)C[C@@H]1F. The minimum absolute atomic E-state index is 0.148. The van der Waals surface area contributed by atoms with E-state index in [9.17, 15) is 32.3 Å². The van der Waals surface area contributed by atoms with Crippen LogP contribution in [0, 0.1) is 5.92 Å². The van der Waals surface area contributed by atoms with Crippen molar-refractivity contribution in [1.82, 2.24) is 38.9 Å². The number of piperidine rings is 2. The summed E-state index contributed by atoms with van der Waals surface area (Å²) >= 11 is 0. The van der Waals surface area contributed by atoms with E-state index in [4.69, 9.17) is 5.10 Å². The molecule has 57 heavy (non-hydrogen) atoms. The molecule has 6 heterocycles. The van der Waals surface area contributed by atoms with Crippen molar-refractivity contribution in [3.8, 4) is 0 Å². The molecule has 2 saturated heterocycles. The monoisotopic (exact) mass is 790 g/mol. The second kappa shape index (κ2) is 15.0. The van der Waals surface area contributed by atoms with Crippen molar-refractivity contribution in [3.05, 3.63) is 82.6 Å². The fourth-order valence-electron chi connectivity index (χ4n) is 8.79. The molecule has 1 aliphatic carbocycles. The third kappa shape index (κ3) is 7.49. The number of amides is 3. The number of carbonyl (C=O) groups excluding carboxylic acids is 3. The molecule has 2 aliphatic heterocycles. The number of anilines is 2. The van der Waals surface area contributed by atoms with Gasteiger partial charge in [-0.05, 0) is 81.8 Å². The Balaban J connectivity index is 0.862. The molecule has 1 unspecified atom stereocenters. The highest BCUT2D eigenvalue weighted by atomic mass is 19.4. The molecule has 14 nitrogen and oxygen atoms in total. The van der Waals surface area contributed by atoms with E-state index in [0.717, 1.165) is 55.3 Å². The number of benzene rings is 1. The summed E-state index contributed by atoms with van der Waals surface area (Å²) in [5.41, 5.74) is 1.91. The van der Waals surface area contributed by atoms with E-state index in [1.54, 1.807) is 36.0 Å². The number of aryl methyl sites for hydroxylation is 1. The molecule has 18 heteroatoms. The van der Waals surface area contributed by atoms with Crippen molar-refractivity contribution in [2.75, 3.05) is 36.9 Å². The van der Waals surface area contributed by atoms with Crippen molar-refractivity contribution < 1.29 is 31.9 Å². The van der Waals surface area contributed by atoms with Crippen LogP contribution in [0.15, 0.2) is 59.8 Å². The second-order valence-electron chi connectivity index (χ2n) is 15.4. The number of fused-ring (bicyclic) bond motifs is 2. The number of halogens is 4. The van der Waals surface area contributed by atoms with Gasteiger partial charge in [-0.1, -0.05) is 6.07 Å². The van der Waals surface area contributed by atoms with E-state index in [1.165, 1.54) is 9.13 Å². The van der Waals surface area contributed by atoms with Crippen molar-refractivity contribution in [2.45, 2.75) is 75.3 Å². The first kappa shape index (κ1) is 38.2. The van der Waals surface area contributed by atoms with Gasteiger partial charge in [-0.2, -0.15) is 18.3 Å². The minimum atomic E-state index is -4.72. The third-order valence-corrected chi connectivity index (χ3v) is 11.7. The van der Waals surface area contributed by atoms with Gasteiger partial charge in [0.1, 0.15) is 17.9 Å².